The van der Waals surface area contributed by atoms with Gasteiger partial charge in [0.15, 0.2) is 23.4 Å². The molecule has 4 aromatic rings. The van der Waals surface area contributed by atoms with E-state index < -0.39 is 6.10 Å². The number of ether oxygens (including phenoxy) is 3. The molecule has 33 heavy (non-hydrogen) atoms. The zero-order chi connectivity index (χ0) is 22.6. The minimum atomic E-state index is -0.458. The number of thiazole rings is 1. The first-order valence-electron chi connectivity index (χ1n) is 11.2. The van der Waals surface area contributed by atoms with Crippen molar-refractivity contribution in [2.75, 3.05) is 13.2 Å². The molecule has 0 radical (unpaired) electrons. The Labute approximate surface area is 195 Å². The summed E-state index contributed by atoms with van der Waals surface area (Å²) in [5.74, 6) is 2.56. The molecule has 0 spiro atoms. The smallest absolute Gasteiger partial charge is 0.291 e. The van der Waals surface area contributed by atoms with Crippen molar-refractivity contribution < 1.29 is 14.2 Å². The zero-order valence-electron chi connectivity index (χ0n) is 18.4. The number of benzene rings is 2. The molecule has 0 amide bonds. The molecule has 0 aliphatic carbocycles. The molecule has 3 heterocycles. The summed E-state index contributed by atoms with van der Waals surface area (Å²) in [7, 11) is 0. The van der Waals surface area contributed by atoms with Crippen LogP contribution in [0.4, 0.5) is 0 Å². The van der Waals surface area contributed by atoms with Crippen LogP contribution in [0, 0.1) is 0 Å². The van der Waals surface area contributed by atoms with Crippen LogP contribution in [0.25, 0.3) is 11.0 Å². The quantitative estimate of drug-likeness (QED) is 0.365. The Bertz CT molecular complexity index is 1360. The number of nitrogens with zero attached hydrogens (tertiary/aromatic N) is 3. The third kappa shape index (κ3) is 4.57. The van der Waals surface area contributed by atoms with E-state index in [0.717, 1.165) is 24.2 Å². The van der Waals surface area contributed by atoms with Crippen molar-refractivity contribution in [3.8, 4) is 17.2 Å². The summed E-state index contributed by atoms with van der Waals surface area (Å²) in [6.45, 7) is 3.15. The van der Waals surface area contributed by atoms with E-state index in [9.17, 15) is 4.79 Å². The fourth-order valence-corrected chi connectivity index (χ4v) is 4.62. The molecule has 170 valence electrons. The predicted octanol–water partition coefficient (Wildman–Crippen LogP) is 4.17. The molecule has 1 aliphatic heterocycles. The molecule has 0 bridgehead atoms. The summed E-state index contributed by atoms with van der Waals surface area (Å²) in [6, 6.07) is 15.2. The molecule has 8 heteroatoms. The standard InChI is InChI=1S/C25H25N3O4S/c1-2-3-4-9-14-30-18-11-6-5-10-17(18)15-22-24(29)28-25(33-22)26-23(27-28)21-16-31-19-12-7-8-13-20(19)32-21/h5-8,10-13,15,21H,2-4,9,14,16H2,1H3/b22-15-/t21-/m0/s1. The van der Waals surface area contributed by atoms with Crippen molar-refractivity contribution in [1.29, 1.82) is 0 Å². The zero-order valence-corrected chi connectivity index (χ0v) is 19.2. The van der Waals surface area contributed by atoms with Crippen LogP contribution >= 0.6 is 11.3 Å². The van der Waals surface area contributed by atoms with E-state index >= 15 is 0 Å². The third-order valence-electron chi connectivity index (χ3n) is 5.46. The fourth-order valence-electron chi connectivity index (χ4n) is 3.72. The van der Waals surface area contributed by atoms with Crippen molar-refractivity contribution in [3.63, 3.8) is 0 Å². The Kier molecular flexibility index (Phi) is 6.26. The Morgan fingerprint density at radius 3 is 2.79 bits per heavy atom. The first-order chi connectivity index (χ1) is 16.2. The van der Waals surface area contributed by atoms with Crippen LogP contribution in [0.1, 0.15) is 50.1 Å². The van der Waals surface area contributed by atoms with Gasteiger partial charge in [-0.3, -0.25) is 4.79 Å². The summed E-state index contributed by atoms with van der Waals surface area (Å²) < 4.78 is 19.6. The van der Waals surface area contributed by atoms with Crippen LogP contribution in [0.15, 0.2) is 53.3 Å². The molecule has 0 N–H and O–H groups in total. The maximum atomic E-state index is 13.0. The van der Waals surface area contributed by atoms with Crippen molar-refractivity contribution in [3.05, 3.63) is 74.8 Å². The van der Waals surface area contributed by atoms with E-state index in [0.29, 0.717) is 40.0 Å². The summed E-state index contributed by atoms with van der Waals surface area (Å²) in [5.41, 5.74) is 0.666. The number of unbranched alkanes of at least 4 members (excludes halogenated alkanes) is 3. The van der Waals surface area contributed by atoms with Crippen molar-refractivity contribution in [2.24, 2.45) is 0 Å². The molecule has 5 rings (SSSR count). The van der Waals surface area contributed by atoms with Crippen LogP contribution in [-0.2, 0) is 0 Å². The highest BCUT2D eigenvalue weighted by molar-refractivity contribution is 7.15. The fraction of sp³-hybridized carbons (Fsp3) is 0.320. The Balaban J connectivity index is 1.37. The third-order valence-corrected chi connectivity index (χ3v) is 6.42. The van der Waals surface area contributed by atoms with Gasteiger partial charge >= 0.3 is 0 Å². The van der Waals surface area contributed by atoms with E-state index in [1.165, 1.54) is 28.7 Å². The van der Waals surface area contributed by atoms with Crippen LogP contribution < -0.4 is 24.3 Å². The first kappa shape index (κ1) is 21.5. The number of hydrogen-bond acceptors (Lipinski definition) is 7. The molecule has 7 nitrogen and oxygen atoms in total. The van der Waals surface area contributed by atoms with Gasteiger partial charge in [-0.05, 0) is 30.7 Å². The van der Waals surface area contributed by atoms with Gasteiger partial charge in [-0.2, -0.15) is 9.50 Å². The molecule has 2 aromatic heterocycles. The normalized spacial score (nSPS) is 15.8. The molecular formula is C25H25N3O4S. The SMILES string of the molecule is CCCCCCOc1ccccc1/C=c1\sc2nc([C@@H]3COc4ccccc4O3)nn2c1=O. The maximum absolute atomic E-state index is 13.0. The number of rotatable bonds is 8. The van der Waals surface area contributed by atoms with E-state index in [1.807, 2.05) is 54.6 Å². The molecular weight excluding hydrogens is 438 g/mol. The van der Waals surface area contributed by atoms with Gasteiger partial charge in [-0.15, -0.1) is 5.10 Å². The van der Waals surface area contributed by atoms with E-state index in [1.54, 1.807) is 0 Å². The van der Waals surface area contributed by atoms with E-state index in [-0.39, 0.29) is 5.56 Å². The molecule has 2 aromatic carbocycles. The Morgan fingerprint density at radius 1 is 1.12 bits per heavy atom. The van der Waals surface area contributed by atoms with Gasteiger partial charge in [-0.1, -0.05) is 67.9 Å². The number of para-hydroxylation sites is 3. The van der Waals surface area contributed by atoms with Gasteiger partial charge in [0, 0.05) is 5.56 Å². The molecule has 0 saturated heterocycles. The summed E-state index contributed by atoms with van der Waals surface area (Å²) in [6.07, 6.45) is 5.98. The number of hydrogen-bond donors (Lipinski definition) is 0. The summed E-state index contributed by atoms with van der Waals surface area (Å²) in [5, 5.41) is 4.42. The number of fused-ring (bicyclic) bond motifs is 2. The highest BCUT2D eigenvalue weighted by atomic mass is 32.1. The van der Waals surface area contributed by atoms with E-state index in [4.69, 9.17) is 14.2 Å². The van der Waals surface area contributed by atoms with Crippen molar-refractivity contribution in [2.45, 2.75) is 38.7 Å². The predicted molar refractivity (Wildman–Crippen MR) is 127 cm³/mol. The van der Waals surface area contributed by atoms with Gasteiger partial charge in [0.1, 0.15) is 12.4 Å². The monoisotopic (exact) mass is 463 g/mol. The lowest BCUT2D eigenvalue weighted by Gasteiger charge is -2.24. The highest BCUT2D eigenvalue weighted by Crippen LogP contribution is 2.35. The molecule has 0 unspecified atom stereocenters. The second kappa shape index (κ2) is 9.62. The Hall–Kier alpha value is -3.39. The van der Waals surface area contributed by atoms with Crippen molar-refractivity contribution >= 4 is 22.4 Å². The molecule has 0 fully saturated rings. The van der Waals surface area contributed by atoms with Gasteiger partial charge < -0.3 is 14.2 Å². The second-order valence-electron chi connectivity index (χ2n) is 7.89. The average Bonchev–Trinajstić information content (AvgIpc) is 3.39. The van der Waals surface area contributed by atoms with Crippen LogP contribution in [0.2, 0.25) is 0 Å². The first-order valence-corrected chi connectivity index (χ1v) is 12.1. The lowest BCUT2D eigenvalue weighted by Crippen LogP contribution is -2.26. The topological polar surface area (TPSA) is 74.9 Å². The van der Waals surface area contributed by atoms with Crippen molar-refractivity contribution in [1.82, 2.24) is 14.6 Å². The van der Waals surface area contributed by atoms with Gasteiger partial charge in [0.25, 0.3) is 5.56 Å². The maximum Gasteiger partial charge on any atom is 0.291 e. The van der Waals surface area contributed by atoms with Crippen LogP contribution in [0.3, 0.4) is 0 Å². The second-order valence-corrected chi connectivity index (χ2v) is 8.90. The minimum Gasteiger partial charge on any atom is -0.493 e. The lowest BCUT2D eigenvalue weighted by atomic mass is 10.2. The lowest BCUT2D eigenvalue weighted by molar-refractivity contribution is 0.0852. The van der Waals surface area contributed by atoms with Gasteiger partial charge in [-0.25, -0.2) is 0 Å². The van der Waals surface area contributed by atoms with Crippen LogP contribution in [-0.4, -0.2) is 27.8 Å². The average molecular weight is 464 g/mol. The Morgan fingerprint density at radius 2 is 1.94 bits per heavy atom. The van der Waals surface area contributed by atoms with Gasteiger partial charge in [0.05, 0.1) is 11.1 Å². The summed E-state index contributed by atoms with van der Waals surface area (Å²) in [4.78, 5) is 18.1. The summed E-state index contributed by atoms with van der Waals surface area (Å²) >= 11 is 1.30. The van der Waals surface area contributed by atoms with E-state index in [2.05, 4.69) is 17.0 Å². The van der Waals surface area contributed by atoms with Gasteiger partial charge in [0.2, 0.25) is 4.96 Å². The van der Waals surface area contributed by atoms with Crippen LogP contribution in [0.5, 0.6) is 17.2 Å². The molecule has 1 atom stereocenters. The minimum absolute atomic E-state index is 0.205. The largest absolute Gasteiger partial charge is 0.493 e. The molecule has 0 saturated carbocycles. The molecule has 1 aliphatic rings. The number of aromatic nitrogens is 3. The highest BCUT2D eigenvalue weighted by Gasteiger charge is 2.27.